The molecule has 0 unspecified atom stereocenters. The minimum absolute atomic E-state index is 0.0197. The standard InChI is InChI=1S/C20H16F3N3O2S/c21-20(22,23)14-4-2-6-16(10-14)28-12-18(27)24-15-5-1-3-13(9-15)17-11-26-7-8-29-19(26)25-17/h1-6,9-11H,7-8,12H2,(H,24,27). The van der Waals surface area contributed by atoms with Gasteiger partial charge >= 0.3 is 6.18 Å². The first-order chi connectivity index (χ1) is 13.9. The molecule has 0 spiro atoms. The number of carbonyl (C=O) groups excluding carboxylic acids is 1. The molecule has 0 saturated heterocycles. The van der Waals surface area contributed by atoms with Gasteiger partial charge in [-0.15, -0.1) is 0 Å². The van der Waals surface area contributed by atoms with E-state index in [1.54, 1.807) is 30.0 Å². The number of fused-ring (bicyclic) bond motifs is 1. The topological polar surface area (TPSA) is 56.1 Å². The van der Waals surface area contributed by atoms with E-state index in [9.17, 15) is 18.0 Å². The molecule has 2 aromatic carbocycles. The zero-order valence-electron chi connectivity index (χ0n) is 15.1. The number of hydrogen-bond acceptors (Lipinski definition) is 4. The normalized spacial score (nSPS) is 13.2. The average Bonchev–Trinajstić information content (AvgIpc) is 3.28. The number of imidazole rings is 1. The maximum absolute atomic E-state index is 12.7. The lowest BCUT2D eigenvalue weighted by molar-refractivity contribution is -0.137. The molecule has 150 valence electrons. The maximum Gasteiger partial charge on any atom is 0.416 e. The Morgan fingerprint density at radius 1 is 1.21 bits per heavy atom. The molecule has 1 N–H and O–H groups in total. The summed E-state index contributed by atoms with van der Waals surface area (Å²) in [6, 6.07) is 11.6. The number of benzene rings is 2. The third kappa shape index (κ3) is 4.56. The van der Waals surface area contributed by atoms with Crippen molar-refractivity contribution < 1.29 is 22.7 Å². The van der Waals surface area contributed by atoms with E-state index in [1.165, 1.54) is 12.1 Å². The first-order valence-corrected chi connectivity index (χ1v) is 9.77. The summed E-state index contributed by atoms with van der Waals surface area (Å²) in [4.78, 5) is 16.7. The minimum atomic E-state index is -4.46. The molecule has 3 aromatic rings. The predicted octanol–water partition coefficient (Wildman–Crippen LogP) is 4.69. The van der Waals surface area contributed by atoms with Gasteiger partial charge in [-0.3, -0.25) is 4.79 Å². The molecule has 1 amide bonds. The summed E-state index contributed by atoms with van der Waals surface area (Å²) >= 11 is 1.70. The molecule has 0 fully saturated rings. The van der Waals surface area contributed by atoms with Gasteiger partial charge in [0, 0.05) is 29.7 Å². The highest BCUT2D eigenvalue weighted by Gasteiger charge is 2.30. The van der Waals surface area contributed by atoms with Crippen molar-refractivity contribution in [1.29, 1.82) is 0 Å². The number of amides is 1. The lowest BCUT2D eigenvalue weighted by atomic mass is 10.1. The van der Waals surface area contributed by atoms with Crippen molar-refractivity contribution in [3.05, 3.63) is 60.3 Å². The van der Waals surface area contributed by atoms with Crippen molar-refractivity contribution in [2.75, 3.05) is 17.7 Å². The molecule has 0 atom stereocenters. The summed E-state index contributed by atoms with van der Waals surface area (Å²) in [6.07, 6.45) is -2.49. The molecule has 0 saturated carbocycles. The average molecular weight is 419 g/mol. The number of alkyl halides is 3. The highest BCUT2D eigenvalue weighted by molar-refractivity contribution is 7.99. The lowest BCUT2D eigenvalue weighted by Crippen LogP contribution is -2.20. The van der Waals surface area contributed by atoms with E-state index in [4.69, 9.17) is 4.74 Å². The van der Waals surface area contributed by atoms with Crippen molar-refractivity contribution in [2.24, 2.45) is 0 Å². The molecule has 2 heterocycles. The van der Waals surface area contributed by atoms with Gasteiger partial charge in [0.25, 0.3) is 5.91 Å². The Morgan fingerprint density at radius 3 is 2.83 bits per heavy atom. The van der Waals surface area contributed by atoms with E-state index in [-0.39, 0.29) is 5.75 Å². The molecule has 0 bridgehead atoms. The van der Waals surface area contributed by atoms with Crippen LogP contribution in [-0.4, -0.2) is 27.8 Å². The largest absolute Gasteiger partial charge is 0.484 e. The van der Waals surface area contributed by atoms with Crippen LogP contribution in [-0.2, 0) is 17.5 Å². The maximum atomic E-state index is 12.7. The molecule has 9 heteroatoms. The predicted molar refractivity (Wildman–Crippen MR) is 104 cm³/mol. The van der Waals surface area contributed by atoms with Crippen LogP contribution in [0.1, 0.15) is 5.56 Å². The summed E-state index contributed by atoms with van der Waals surface area (Å²) in [5.74, 6) is 0.529. The van der Waals surface area contributed by atoms with Gasteiger partial charge in [-0.05, 0) is 30.3 Å². The molecule has 1 aliphatic rings. The van der Waals surface area contributed by atoms with Crippen LogP contribution in [0.4, 0.5) is 18.9 Å². The number of hydrogen-bond donors (Lipinski definition) is 1. The molecular weight excluding hydrogens is 403 g/mol. The monoisotopic (exact) mass is 419 g/mol. The van der Waals surface area contributed by atoms with Gasteiger partial charge in [0.05, 0.1) is 11.3 Å². The Morgan fingerprint density at radius 2 is 2.03 bits per heavy atom. The third-order valence-corrected chi connectivity index (χ3v) is 5.25. The number of halogens is 3. The van der Waals surface area contributed by atoms with E-state index >= 15 is 0 Å². The second kappa shape index (κ2) is 7.82. The fourth-order valence-corrected chi connectivity index (χ4v) is 3.86. The summed E-state index contributed by atoms with van der Waals surface area (Å²) in [5, 5.41) is 3.67. The van der Waals surface area contributed by atoms with Crippen LogP contribution >= 0.6 is 11.8 Å². The van der Waals surface area contributed by atoms with Crippen LogP contribution in [0.15, 0.2) is 59.9 Å². The van der Waals surface area contributed by atoms with Crippen LogP contribution in [0.3, 0.4) is 0 Å². The van der Waals surface area contributed by atoms with Crippen molar-refractivity contribution in [1.82, 2.24) is 9.55 Å². The van der Waals surface area contributed by atoms with Crippen LogP contribution < -0.4 is 10.1 Å². The SMILES string of the molecule is O=C(COc1cccc(C(F)(F)F)c1)Nc1cccc(-c2cn3c(n2)SCC3)c1. The number of nitrogens with zero attached hydrogens (tertiary/aromatic N) is 2. The molecule has 0 radical (unpaired) electrons. The highest BCUT2D eigenvalue weighted by atomic mass is 32.2. The Balaban J connectivity index is 1.39. The minimum Gasteiger partial charge on any atom is -0.484 e. The van der Waals surface area contributed by atoms with E-state index in [1.807, 2.05) is 12.3 Å². The second-order valence-electron chi connectivity index (χ2n) is 6.39. The van der Waals surface area contributed by atoms with Gasteiger partial charge in [0.1, 0.15) is 5.75 Å². The Labute approximate surface area is 168 Å². The van der Waals surface area contributed by atoms with Gasteiger partial charge in [0.15, 0.2) is 11.8 Å². The summed E-state index contributed by atoms with van der Waals surface area (Å²) in [7, 11) is 0. The number of anilines is 1. The lowest BCUT2D eigenvalue weighted by Gasteiger charge is -2.11. The summed E-state index contributed by atoms with van der Waals surface area (Å²) < 4.78 is 45.5. The Bertz CT molecular complexity index is 1030. The number of aryl methyl sites for hydroxylation is 1. The van der Waals surface area contributed by atoms with Crippen LogP contribution in [0.2, 0.25) is 0 Å². The quantitative estimate of drug-likeness (QED) is 0.652. The summed E-state index contributed by atoms with van der Waals surface area (Å²) in [6.45, 7) is 0.525. The van der Waals surface area contributed by atoms with Crippen molar-refractivity contribution in [3.63, 3.8) is 0 Å². The third-order valence-electron chi connectivity index (χ3n) is 4.28. The first kappa shape index (κ1) is 19.4. The van der Waals surface area contributed by atoms with Crippen molar-refractivity contribution in [3.8, 4) is 17.0 Å². The van der Waals surface area contributed by atoms with E-state index in [0.29, 0.717) is 5.69 Å². The van der Waals surface area contributed by atoms with E-state index < -0.39 is 24.3 Å². The number of nitrogens with one attached hydrogen (secondary N) is 1. The number of thioether (sulfide) groups is 1. The molecule has 29 heavy (non-hydrogen) atoms. The molecular formula is C20H16F3N3O2S. The first-order valence-electron chi connectivity index (χ1n) is 8.79. The van der Waals surface area contributed by atoms with Gasteiger partial charge in [-0.1, -0.05) is 30.0 Å². The zero-order valence-corrected chi connectivity index (χ0v) is 15.9. The Kier molecular flexibility index (Phi) is 5.23. The smallest absolute Gasteiger partial charge is 0.416 e. The van der Waals surface area contributed by atoms with Crippen LogP contribution in [0.25, 0.3) is 11.3 Å². The van der Waals surface area contributed by atoms with Gasteiger partial charge in [0.2, 0.25) is 0 Å². The number of rotatable bonds is 5. The fraction of sp³-hybridized carbons (Fsp3) is 0.200. The van der Waals surface area contributed by atoms with Gasteiger partial charge in [-0.2, -0.15) is 13.2 Å². The van der Waals surface area contributed by atoms with Crippen molar-refractivity contribution >= 4 is 23.4 Å². The summed E-state index contributed by atoms with van der Waals surface area (Å²) in [5.41, 5.74) is 1.42. The highest BCUT2D eigenvalue weighted by Crippen LogP contribution is 2.31. The van der Waals surface area contributed by atoms with Crippen LogP contribution in [0, 0.1) is 0 Å². The van der Waals surface area contributed by atoms with Gasteiger partial charge in [-0.25, -0.2) is 4.98 Å². The fourth-order valence-electron chi connectivity index (χ4n) is 2.91. The Hall–Kier alpha value is -2.94. The zero-order chi connectivity index (χ0) is 20.4. The number of ether oxygens (including phenoxy) is 1. The van der Waals surface area contributed by atoms with Crippen molar-refractivity contribution in [2.45, 2.75) is 17.9 Å². The molecule has 0 aliphatic carbocycles. The van der Waals surface area contributed by atoms with Crippen LogP contribution in [0.5, 0.6) is 5.75 Å². The van der Waals surface area contributed by atoms with E-state index in [0.717, 1.165) is 40.8 Å². The number of aromatic nitrogens is 2. The molecule has 1 aromatic heterocycles. The molecule has 4 rings (SSSR count). The molecule has 1 aliphatic heterocycles. The number of carbonyl (C=O) groups is 1. The molecule has 5 nitrogen and oxygen atoms in total. The van der Waals surface area contributed by atoms with Gasteiger partial charge < -0.3 is 14.6 Å². The second-order valence-corrected chi connectivity index (χ2v) is 7.46. The van der Waals surface area contributed by atoms with E-state index in [2.05, 4.69) is 14.9 Å².